The molecule has 4 aromatic rings. The van der Waals surface area contributed by atoms with Crippen molar-refractivity contribution in [1.82, 2.24) is 9.55 Å². The number of halogens is 2. The third kappa shape index (κ3) is 3.84. The van der Waals surface area contributed by atoms with Crippen LogP contribution in [0.1, 0.15) is 28.1 Å². The molecule has 3 aromatic carbocycles. The van der Waals surface area contributed by atoms with E-state index in [1.54, 1.807) is 0 Å². The molecule has 0 atom stereocenters. The molecule has 1 aromatic heterocycles. The largest absolute Gasteiger partial charge is 0.320 e. The van der Waals surface area contributed by atoms with Gasteiger partial charge in [0.2, 0.25) is 0 Å². The van der Waals surface area contributed by atoms with Crippen LogP contribution in [0.3, 0.4) is 0 Å². The number of rotatable bonds is 4. The molecule has 0 saturated carbocycles. The standard InChI is InChI=1S/C24H20Cl2N2/c1-16-12-22-23(13-17(16)2)28(15-19-8-10-20(25)21(26)14-19)24(27-22)11-9-18-6-4-3-5-7-18/h3-14H,15H2,1-2H3/b11-9+. The van der Waals surface area contributed by atoms with Gasteiger partial charge in [0.05, 0.1) is 21.1 Å². The molecule has 0 amide bonds. The van der Waals surface area contributed by atoms with E-state index in [4.69, 9.17) is 28.2 Å². The molecule has 0 spiro atoms. The van der Waals surface area contributed by atoms with Gasteiger partial charge in [-0.25, -0.2) is 4.98 Å². The molecule has 28 heavy (non-hydrogen) atoms. The van der Waals surface area contributed by atoms with Gasteiger partial charge in [-0.2, -0.15) is 0 Å². The predicted molar refractivity (Wildman–Crippen MR) is 120 cm³/mol. The van der Waals surface area contributed by atoms with E-state index in [9.17, 15) is 0 Å². The van der Waals surface area contributed by atoms with Crippen LogP contribution in [0.25, 0.3) is 23.2 Å². The van der Waals surface area contributed by atoms with Gasteiger partial charge in [0.15, 0.2) is 0 Å². The minimum atomic E-state index is 0.566. The Morgan fingerprint density at radius 2 is 1.61 bits per heavy atom. The third-order valence-electron chi connectivity index (χ3n) is 4.94. The minimum Gasteiger partial charge on any atom is -0.320 e. The maximum absolute atomic E-state index is 6.23. The number of fused-ring (bicyclic) bond motifs is 1. The lowest BCUT2D eigenvalue weighted by atomic mass is 10.1. The molecule has 0 aliphatic heterocycles. The first kappa shape index (κ1) is 18.8. The predicted octanol–water partition coefficient (Wildman–Crippen LogP) is 7.18. The SMILES string of the molecule is Cc1cc2nc(/C=C/c3ccccc3)n(Cc3ccc(Cl)c(Cl)c3)c2cc1C. The minimum absolute atomic E-state index is 0.566. The van der Waals surface area contributed by atoms with Gasteiger partial charge in [-0.05, 0) is 66.4 Å². The van der Waals surface area contributed by atoms with Gasteiger partial charge in [-0.1, -0.05) is 65.7 Å². The summed E-state index contributed by atoms with van der Waals surface area (Å²) in [7, 11) is 0. The molecule has 0 unspecified atom stereocenters. The average molecular weight is 407 g/mol. The fraction of sp³-hybridized carbons (Fsp3) is 0.125. The van der Waals surface area contributed by atoms with Crippen molar-refractivity contribution < 1.29 is 0 Å². The van der Waals surface area contributed by atoms with Gasteiger partial charge < -0.3 is 4.57 Å². The average Bonchev–Trinajstić information content (AvgIpc) is 3.01. The molecule has 0 N–H and O–H groups in total. The fourth-order valence-electron chi connectivity index (χ4n) is 3.25. The van der Waals surface area contributed by atoms with Crippen molar-refractivity contribution in [3.05, 3.63) is 98.8 Å². The van der Waals surface area contributed by atoms with E-state index >= 15 is 0 Å². The number of benzene rings is 3. The van der Waals surface area contributed by atoms with Crippen molar-refractivity contribution in [1.29, 1.82) is 0 Å². The molecule has 4 heteroatoms. The second kappa shape index (κ2) is 7.83. The van der Waals surface area contributed by atoms with E-state index in [1.807, 2.05) is 36.4 Å². The first-order chi connectivity index (χ1) is 13.5. The maximum atomic E-state index is 6.23. The monoisotopic (exact) mass is 406 g/mol. The quantitative estimate of drug-likeness (QED) is 0.350. The van der Waals surface area contributed by atoms with Gasteiger partial charge in [0.1, 0.15) is 5.82 Å². The van der Waals surface area contributed by atoms with Crippen LogP contribution in [-0.4, -0.2) is 9.55 Å². The van der Waals surface area contributed by atoms with E-state index in [2.05, 4.69) is 54.8 Å². The van der Waals surface area contributed by atoms with Gasteiger partial charge in [0, 0.05) is 6.54 Å². The van der Waals surface area contributed by atoms with Crippen LogP contribution in [-0.2, 0) is 6.54 Å². The highest BCUT2D eigenvalue weighted by Crippen LogP contribution is 2.26. The molecule has 1 heterocycles. The Bertz CT molecular complexity index is 1170. The molecule has 0 aliphatic rings. The number of aromatic nitrogens is 2. The summed E-state index contributed by atoms with van der Waals surface area (Å²) < 4.78 is 2.22. The van der Waals surface area contributed by atoms with Gasteiger partial charge in [-0.15, -0.1) is 0 Å². The Hall–Kier alpha value is -2.55. The van der Waals surface area contributed by atoms with Crippen LogP contribution in [0.15, 0.2) is 60.7 Å². The van der Waals surface area contributed by atoms with Crippen molar-refractivity contribution in [3.8, 4) is 0 Å². The molecule has 140 valence electrons. The van der Waals surface area contributed by atoms with Gasteiger partial charge >= 0.3 is 0 Å². The van der Waals surface area contributed by atoms with Crippen LogP contribution in [0.2, 0.25) is 10.0 Å². The number of nitrogens with zero attached hydrogens (tertiary/aromatic N) is 2. The van der Waals surface area contributed by atoms with E-state index in [0.29, 0.717) is 16.6 Å². The van der Waals surface area contributed by atoms with Crippen LogP contribution in [0.5, 0.6) is 0 Å². The number of hydrogen-bond donors (Lipinski definition) is 0. The summed E-state index contributed by atoms with van der Waals surface area (Å²) in [5.74, 6) is 0.912. The van der Waals surface area contributed by atoms with Crippen molar-refractivity contribution in [3.63, 3.8) is 0 Å². The van der Waals surface area contributed by atoms with E-state index in [0.717, 1.165) is 28.0 Å². The molecular formula is C24H20Cl2N2. The molecule has 0 radical (unpaired) electrons. The Kier molecular flexibility index (Phi) is 5.25. The smallest absolute Gasteiger partial charge is 0.134 e. The van der Waals surface area contributed by atoms with E-state index in [-0.39, 0.29) is 0 Å². The number of hydrogen-bond acceptors (Lipinski definition) is 1. The second-order valence-corrected chi connectivity index (χ2v) is 7.79. The summed E-state index contributed by atoms with van der Waals surface area (Å²) in [5.41, 5.74) is 6.83. The Morgan fingerprint density at radius 1 is 0.857 bits per heavy atom. The zero-order valence-corrected chi connectivity index (χ0v) is 17.3. The first-order valence-corrected chi connectivity index (χ1v) is 9.91. The maximum Gasteiger partial charge on any atom is 0.134 e. The fourth-order valence-corrected chi connectivity index (χ4v) is 3.57. The lowest BCUT2D eigenvalue weighted by molar-refractivity contribution is 0.813. The van der Waals surface area contributed by atoms with Crippen LogP contribution in [0.4, 0.5) is 0 Å². The number of imidazole rings is 1. The van der Waals surface area contributed by atoms with Gasteiger partial charge in [0.25, 0.3) is 0 Å². The zero-order chi connectivity index (χ0) is 19.7. The van der Waals surface area contributed by atoms with Crippen LogP contribution in [0, 0.1) is 13.8 Å². The topological polar surface area (TPSA) is 17.8 Å². The van der Waals surface area contributed by atoms with Crippen molar-refractivity contribution >= 4 is 46.4 Å². The summed E-state index contributed by atoms with van der Waals surface area (Å²) in [6.45, 7) is 4.92. The molecule has 0 bridgehead atoms. The van der Waals surface area contributed by atoms with Crippen molar-refractivity contribution in [2.45, 2.75) is 20.4 Å². The molecule has 0 aliphatic carbocycles. The summed E-state index contributed by atoms with van der Waals surface area (Å²) in [4.78, 5) is 4.88. The van der Waals surface area contributed by atoms with E-state index in [1.165, 1.54) is 11.1 Å². The highest BCUT2D eigenvalue weighted by Gasteiger charge is 2.12. The summed E-state index contributed by atoms with van der Waals surface area (Å²) >= 11 is 12.3. The first-order valence-electron chi connectivity index (χ1n) is 9.16. The molecule has 4 rings (SSSR count). The third-order valence-corrected chi connectivity index (χ3v) is 5.68. The van der Waals surface area contributed by atoms with Gasteiger partial charge in [-0.3, -0.25) is 0 Å². The van der Waals surface area contributed by atoms with Crippen molar-refractivity contribution in [2.75, 3.05) is 0 Å². The van der Waals surface area contributed by atoms with Crippen LogP contribution < -0.4 is 0 Å². The Labute approximate surface area is 175 Å². The van der Waals surface area contributed by atoms with Crippen LogP contribution >= 0.6 is 23.2 Å². The number of aryl methyl sites for hydroxylation is 2. The summed E-state index contributed by atoms with van der Waals surface area (Å²) in [6.07, 6.45) is 4.16. The lowest BCUT2D eigenvalue weighted by Gasteiger charge is -2.09. The Morgan fingerprint density at radius 3 is 2.36 bits per heavy atom. The highest BCUT2D eigenvalue weighted by atomic mass is 35.5. The molecule has 0 fully saturated rings. The molecular weight excluding hydrogens is 387 g/mol. The zero-order valence-electron chi connectivity index (χ0n) is 15.8. The Balaban J connectivity index is 1.82. The molecule has 0 saturated heterocycles. The lowest BCUT2D eigenvalue weighted by Crippen LogP contribution is -2.02. The molecule has 2 nitrogen and oxygen atoms in total. The van der Waals surface area contributed by atoms with Crippen molar-refractivity contribution in [2.24, 2.45) is 0 Å². The van der Waals surface area contributed by atoms with E-state index < -0.39 is 0 Å². The normalized spacial score (nSPS) is 11.6. The second-order valence-electron chi connectivity index (χ2n) is 6.97. The summed E-state index contributed by atoms with van der Waals surface area (Å²) in [5, 5.41) is 1.13. The highest BCUT2D eigenvalue weighted by molar-refractivity contribution is 6.42. The summed E-state index contributed by atoms with van der Waals surface area (Å²) in [6, 6.07) is 20.4.